The second kappa shape index (κ2) is 8.97. The number of benzene rings is 2. The van der Waals surface area contributed by atoms with Crippen LogP contribution in [0.15, 0.2) is 60.7 Å². The minimum Gasteiger partial charge on any atom is -0.486 e. The van der Waals surface area contributed by atoms with Crippen molar-refractivity contribution >= 4 is 33.7 Å². The van der Waals surface area contributed by atoms with Gasteiger partial charge in [-0.25, -0.2) is 19.6 Å². The van der Waals surface area contributed by atoms with Gasteiger partial charge in [0.2, 0.25) is 0 Å². The zero-order valence-corrected chi connectivity index (χ0v) is 18.7. The fourth-order valence-electron chi connectivity index (χ4n) is 3.65. The van der Waals surface area contributed by atoms with E-state index in [-0.39, 0.29) is 24.6 Å². The van der Waals surface area contributed by atoms with Crippen LogP contribution in [0.5, 0.6) is 11.5 Å². The standard InChI is InChI=1S/C26H22N2O6/c1-15-13-31-21-5-3-4-6-22(21)32-14-16(2)34-26(30)20-12-10-18-8-7-17-9-11-19(25(29)33-15)27-23(17)24(18)28-20/h3-12,15-16H,13-14H2,1-2H3. The third-order valence-corrected chi connectivity index (χ3v) is 5.35. The Morgan fingerprint density at radius 2 is 1.06 bits per heavy atom. The lowest BCUT2D eigenvalue weighted by Crippen LogP contribution is -2.24. The molecule has 2 atom stereocenters. The molecule has 4 aromatic rings. The first-order valence-corrected chi connectivity index (χ1v) is 10.9. The number of esters is 2. The molecule has 0 aliphatic carbocycles. The second-order valence-corrected chi connectivity index (χ2v) is 8.10. The number of aromatic nitrogens is 2. The fourth-order valence-corrected chi connectivity index (χ4v) is 3.65. The van der Waals surface area contributed by atoms with Crippen molar-refractivity contribution in [2.24, 2.45) is 0 Å². The van der Waals surface area contributed by atoms with E-state index in [2.05, 4.69) is 9.97 Å². The van der Waals surface area contributed by atoms with Crippen molar-refractivity contribution in [1.29, 1.82) is 0 Å². The minimum atomic E-state index is -0.579. The summed E-state index contributed by atoms with van der Waals surface area (Å²) in [5.41, 5.74) is 1.27. The molecule has 172 valence electrons. The first kappa shape index (κ1) is 21.6. The van der Waals surface area contributed by atoms with E-state index in [1.54, 1.807) is 50.2 Å². The first-order chi connectivity index (χ1) is 16.5. The lowest BCUT2D eigenvalue weighted by atomic mass is 10.1. The van der Waals surface area contributed by atoms with Crippen molar-refractivity contribution < 1.29 is 28.5 Å². The Morgan fingerprint density at radius 1 is 0.647 bits per heavy atom. The predicted octanol–water partition coefficient (Wildman–Crippen LogP) is 4.35. The number of ether oxygens (including phenoxy) is 4. The molecular formula is C26H22N2O6. The maximum atomic E-state index is 12.8. The molecule has 0 N–H and O–H groups in total. The Balaban J connectivity index is 1.57. The zero-order valence-electron chi connectivity index (χ0n) is 18.7. The summed E-state index contributed by atoms with van der Waals surface area (Å²) in [4.78, 5) is 34.6. The number of pyridine rings is 2. The smallest absolute Gasteiger partial charge is 0.357 e. The van der Waals surface area contributed by atoms with Gasteiger partial charge in [0, 0.05) is 10.8 Å². The van der Waals surface area contributed by atoms with Crippen molar-refractivity contribution in [3.05, 3.63) is 72.1 Å². The third-order valence-electron chi connectivity index (χ3n) is 5.35. The number of cyclic esters (lactones) is 2. The van der Waals surface area contributed by atoms with Gasteiger partial charge in [-0.2, -0.15) is 0 Å². The Kier molecular flexibility index (Phi) is 5.71. The van der Waals surface area contributed by atoms with E-state index >= 15 is 0 Å². The Morgan fingerprint density at radius 3 is 1.50 bits per heavy atom. The molecule has 8 nitrogen and oxygen atoms in total. The highest BCUT2D eigenvalue weighted by atomic mass is 16.6. The van der Waals surface area contributed by atoms with E-state index in [9.17, 15) is 9.59 Å². The van der Waals surface area contributed by atoms with Crippen LogP contribution in [-0.2, 0) is 9.47 Å². The average molecular weight is 458 g/mol. The summed E-state index contributed by atoms with van der Waals surface area (Å²) >= 11 is 0. The SMILES string of the molecule is CC1COc2ccccc2OCC(C)OC(=O)c2ccc3ccc4ccc(nc4c3n2)C(=O)O1. The van der Waals surface area contributed by atoms with Gasteiger partial charge in [-0.05, 0) is 38.1 Å². The lowest BCUT2D eigenvalue weighted by molar-refractivity contribution is 0.0185. The molecule has 2 aromatic heterocycles. The van der Waals surface area contributed by atoms with Crippen LogP contribution in [0.3, 0.4) is 0 Å². The summed E-state index contributed by atoms with van der Waals surface area (Å²) in [6.45, 7) is 3.73. The van der Waals surface area contributed by atoms with Crippen molar-refractivity contribution in [1.82, 2.24) is 9.97 Å². The average Bonchev–Trinajstić information content (AvgIpc) is 2.85. The van der Waals surface area contributed by atoms with Crippen LogP contribution in [0.25, 0.3) is 21.8 Å². The highest BCUT2D eigenvalue weighted by molar-refractivity contribution is 6.05. The monoisotopic (exact) mass is 458 g/mol. The molecular weight excluding hydrogens is 436 g/mol. The van der Waals surface area contributed by atoms with E-state index in [1.165, 1.54) is 0 Å². The molecule has 2 aromatic carbocycles. The molecule has 3 heterocycles. The van der Waals surface area contributed by atoms with E-state index in [0.29, 0.717) is 22.5 Å². The quantitative estimate of drug-likeness (QED) is 0.284. The number of rotatable bonds is 0. The van der Waals surface area contributed by atoms with Crippen molar-refractivity contribution in [3.63, 3.8) is 0 Å². The Bertz CT molecular complexity index is 1300. The number of para-hydroxylation sites is 2. The Labute approximate surface area is 195 Å². The van der Waals surface area contributed by atoms with E-state index in [4.69, 9.17) is 18.9 Å². The van der Waals surface area contributed by atoms with Crippen LogP contribution < -0.4 is 9.47 Å². The molecule has 34 heavy (non-hydrogen) atoms. The number of carbonyl (C=O) groups excluding carboxylic acids is 2. The van der Waals surface area contributed by atoms with Gasteiger partial charge in [-0.3, -0.25) is 0 Å². The molecule has 2 unspecified atom stereocenters. The highest BCUT2D eigenvalue weighted by Gasteiger charge is 2.19. The van der Waals surface area contributed by atoms with Gasteiger partial charge < -0.3 is 18.9 Å². The molecule has 0 saturated carbocycles. The lowest BCUT2D eigenvalue weighted by Gasteiger charge is -2.18. The van der Waals surface area contributed by atoms with Gasteiger partial charge in [0.1, 0.15) is 36.8 Å². The molecule has 4 bridgehead atoms. The van der Waals surface area contributed by atoms with Crippen molar-refractivity contribution in [2.75, 3.05) is 13.2 Å². The molecule has 0 spiro atoms. The summed E-state index contributed by atoms with van der Waals surface area (Å²) in [6, 6.07) is 17.7. The number of hydrogen-bond acceptors (Lipinski definition) is 8. The molecule has 0 radical (unpaired) electrons. The summed E-state index contributed by atoms with van der Waals surface area (Å²) in [5.74, 6) is -0.175. The van der Waals surface area contributed by atoms with Crippen molar-refractivity contribution in [2.45, 2.75) is 26.1 Å². The topological polar surface area (TPSA) is 96.8 Å². The van der Waals surface area contributed by atoms with Crippen LogP contribution in [-0.4, -0.2) is 47.3 Å². The zero-order chi connectivity index (χ0) is 23.7. The third kappa shape index (κ3) is 4.34. The van der Waals surface area contributed by atoms with Crippen LogP contribution in [0.1, 0.15) is 34.8 Å². The number of fused-ring (bicyclic) bond motifs is 3. The maximum absolute atomic E-state index is 12.8. The summed E-state index contributed by atoms with van der Waals surface area (Å²) in [7, 11) is 0. The molecule has 1 aliphatic heterocycles. The first-order valence-electron chi connectivity index (χ1n) is 10.9. The number of nitrogens with zero attached hydrogens (tertiary/aromatic N) is 2. The molecule has 0 fully saturated rings. The number of carbonyl (C=O) groups is 2. The minimum absolute atomic E-state index is 0.123. The molecule has 0 amide bonds. The fraction of sp³-hybridized carbons (Fsp3) is 0.231. The molecule has 8 heteroatoms. The van der Waals surface area contributed by atoms with Gasteiger partial charge in [-0.15, -0.1) is 0 Å². The van der Waals surface area contributed by atoms with Gasteiger partial charge in [0.05, 0.1) is 11.0 Å². The molecule has 1 aliphatic rings. The normalized spacial score (nSPS) is 19.1. The van der Waals surface area contributed by atoms with Crippen LogP contribution >= 0.6 is 0 Å². The van der Waals surface area contributed by atoms with E-state index in [1.807, 2.05) is 24.3 Å². The van der Waals surface area contributed by atoms with Crippen LogP contribution in [0, 0.1) is 0 Å². The predicted molar refractivity (Wildman–Crippen MR) is 124 cm³/mol. The van der Waals surface area contributed by atoms with Gasteiger partial charge in [0.15, 0.2) is 11.5 Å². The summed E-state index contributed by atoms with van der Waals surface area (Å²) < 4.78 is 22.8. The summed E-state index contributed by atoms with van der Waals surface area (Å²) in [5, 5.41) is 1.57. The molecule has 0 saturated heterocycles. The summed E-state index contributed by atoms with van der Waals surface area (Å²) in [6.07, 6.45) is -1.07. The molecule has 5 rings (SSSR count). The van der Waals surface area contributed by atoms with Crippen molar-refractivity contribution in [3.8, 4) is 11.5 Å². The number of hydrogen-bond donors (Lipinski definition) is 0. The van der Waals surface area contributed by atoms with Gasteiger partial charge in [-0.1, -0.05) is 36.4 Å². The van der Waals surface area contributed by atoms with Gasteiger partial charge >= 0.3 is 11.9 Å². The van der Waals surface area contributed by atoms with E-state index in [0.717, 1.165) is 10.8 Å². The van der Waals surface area contributed by atoms with Crippen LogP contribution in [0.2, 0.25) is 0 Å². The second-order valence-electron chi connectivity index (χ2n) is 8.10. The van der Waals surface area contributed by atoms with Gasteiger partial charge in [0.25, 0.3) is 0 Å². The van der Waals surface area contributed by atoms with Crippen LogP contribution in [0.4, 0.5) is 0 Å². The maximum Gasteiger partial charge on any atom is 0.357 e. The Hall–Kier alpha value is -4.20. The van der Waals surface area contributed by atoms with E-state index < -0.39 is 24.1 Å². The highest BCUT2D eigenvalue weighted by Crippen LogP contribution is 2.28. The largest absolute Gasteiger partial charge is 0.486 e.